The van der Waals surface area contributed by atoms with E-state index >= 15 is 0 Å². The Morgan fingerprint density at radius 2 is 1.59 bits per heavy atom. The number of aryl methyl sites for hydroxylation is 1. The molecule has 3 aromatic rings. The quantitative estimate of drug-likeness (QED) is 0.430. The summed E-state index contributed by atoms with van der Waals surface area (Å²) in [5.74, 6) is 1.65. The average molecular weight is 451 g/mol. The Kier molecular flexibility index (Phi) is 6.82. The van der Waals surface area contributed by atoms with Crippen LogP contribution in [0.4, 0.5) is 0 Å². The number of likely N-dealkylation sites (tertiary alicyclic amines) is 1. The van der Waals surface area contributed by atoms with Gasteiger partial charge in [-0.3, -0.25) is 9.47 Å². The molecule has 0 amide bonds. The first-order valence-electron chi connectivity index (χ1n) is 11.5. The number of rotatable bonds is 6. The minimum absolute atomic E-state index is 0.107. The van der Waals surface area contributed by atoms with Gasteiger partial charge >= 0.3 is 0 Å². The van der Waals surface area contributed by atoms with Crippen molar-refractivity contribution in [1.82, 2.24) is 19.2 Å². The SMILES string of the molecule is Cc1ccc(OCc2nn(CN3CCCCC3)c(=S)n2-c2ccc(C(C)(C)C)cc2)cc1. The van der Waals surface area contributed by atoms with Gasteiger partial charge < -0.3 is 4.74 Å². The molecule has 0 N–H and O–H groups in total. The van der Waals surface area contributed by atoms with Crippen LogP contribution in [-0.4, -0.2) is 32.3 Å². The number of piperidine rings is 1. The van der Waals surface area contributed by atoms with Crippen molar-refractivity contribution < 1.29 is 4.74 Å². The fraction of sp³-hybridized carbons (Fsp3) is 0.462. The molecule has 0 saturated carbocycles. The summed E-state index contributed by atoms with van der Waals surface area (Å²) in [5.41, 5.74) is 3.64. The summed E-state index contributed by atoms with van der Waals surface area (Å²) in [6.45, 7) is 12.0. The van der Waals surface area contributed by atoms with E-state index in [1.54, 1.807) is 0 Å². The molecule has 4 rings (SSSR count). The standard InChI is InChI=1S/C26H34N4OS/c1-20-8-14-23(15-9-20)31-18-24-27-29(19-28-16-6-5-7-17-28)25(32)30(24)22-12-10-21(11-13-22)26(2,3)4/h8-15H,5-7,16-19H2,1-4H3. The highest BCUT2D eigenvalue weighted by Gasteiger charge is 2.18. The van der Waals surface area contributed by atoms with Crippen LogP contribution in [0.3, 0.4) is 0 Å². The summed E-state index contributed by atoms with van der Waals surface area (Å²) in [7, 11) is 0. The maximum absolute atomic E-state index is 6.09. The van der Waals surface area contributed by atoms with Gasteiger partial charge in [0.15, 0.2) is 5.82 Å². The minimum Gasteiger partial charge on any atom is -0.486 e. The Balaban J connectivity index is 1.65. The molecule has 1 aliphatic heterocycles. The fourth-order valence-electron chi connectivity index (χ4n) is 4.08. The zero-order chi connectivity index (χ0) is 22.7. The minimum atomic E-state index is 0.107. The Morgan fingerprint density at radius 3 is 2.22 bits per heavy atom. The van der Waals surface area contributed by atoms with E-state index in [9.17, 15) is 0 Å². The van der Waals surface area contributed by atoms with Crippen LogP contribution in [0.25, 0.3) is 5.69 Å². The van der Waals surface area contributed by atoms with E-state index < -0.39 is 0 Å². The first-order chi connectivity index (χ1) is 15.3. The molecular weight excluding hydrogens is 416 g/mol. The van der Waals surface area contributed by atoms with Crippen LogP contribution in [0.2, 0.25) is 0 Å². The lowest BCUT2D eigenvalue weighted by Crippen LogP contribution is -2.32. The van der Waals surface area contributed by atoms with Crippen LogP contribution in [-0.2, 0) is 18.7 Å². The smallest absolute Gasteiger partial charge is 0.203 e. The highest BCUT2D eigenvalue weighted by Crippen LogP contribution is 2.24. The second-order valence-corrected chi connectivity index (χ2v) is 10.1. The Labute approximate surface area is 196 Å². The van der Waals surface area contributed by atoms with Crippen molar-refractivity contribution in [2.45, 2.75) is 65.6 Å². The summed E-state index contributed by atoms with van der Waals surface area (Å²) >= 11 is 5.90. The van der Waals surface area contributed by atoms with Crippen molar-refractivity contribution in [2.24, 2.45) is 0 Å². The van der Waals surface area contributed by atoms with Gasteiger partial charge in [-0.15, -0.1) is 0 Å². The third kappa shape index (κ3) is 5.30. The Bertz CT molecular complexity index is 1080. The molecular formula is C26H34N4OS. The van der Waals surface area contributed by atoms with Crippen LogP contribution in [0, 0.1) is 11.7 Å². The molecule has 1 saturated heterocycles. The number of benzene rings is 2. The summed E-state index contributed by atoms with van der Waals surface area (Å²) in [5, 5.41) is 4.89. The van der Waals surface area contributed by atoms with Gasteiger partial charge in [-0.1, -0.05) is 57.0 Å². The van der Waals surface area contributed by atoms with E-state index in [2.05, 4.69) is 73.6 Å². The molecule has 2 heterocycles. The van der Waals surface area contributed by atoms with Crippen molar-refractivity contribution in [3.05, 3.63) is 70.3 Å². The average Bonchev–Trinajstić information content (AvgIpc) is 3.08. The molecule has 170 valence electrons. The lowest BCUT2D eigenvalue weighted by molar-refractivity contribution is 0.171. The summed E-state index contributed by atoms with van der Waals surface area (Å²) < 4.78 is 10.8. The van der Waals surface area contributed by atoms with Gasteiger partial charge in [-0.25, -0.2) is 4.68 Å². The van der Waals surface area contributed by atoms with Gasteiger partial charge in [0.1, 0.15) is 12.4 Å². The number of ether oxygens (including phenoxy) is 1. The third-order valence-corrected chi connectivity index (χ3v) is 6.46. The molecule has 0 aliphatic carbocycles. The van der Waals surface area contributed by atoms with E-state index in [-0.39, 0.29) is 5.41 Å². The molecule has 0 spiro atoms. The van der Waals surface area contributed by atoms with Crippen LogP contribution >= 0.6 is 12.2 Å². The maximum Gasteiger partial charge on any atom is 0.203 e. The van der Waals surface area contributed by atoms with Crippen molar-refractivity contribution in [1.29, 1.82) is 0 Å². The van der Waals surface area contributed by atoms with Crippen molar-refractivity contribution in [3.8, 4) is 11.4 Å². The molecule has 5 nitrogen and oxygen atoms in total. The van der Waals surface area contributed by atoms with Gasteiger partial charge in [0.25, 0.3) is 0 Å². The summed E-state index contributed by atoms with van der Waals surface area (Å²) in [6, 6.07) is 16.8. The van der Waals surface area contributed by atoms with Gasteiger partial charge in [0.05, 0.1) is 6.67 Å². The lowest BCUT2D eigenvalue weighted by Gasteiger charge is -2.25. The van der Waals surface area contributed by atoms with Crippen molar-refractivity contribution in [3.63, 3.8) is 0 Å². The number of hydrogen-bond donors (Lipinski definition) is 0. The van der Waals surface area contributed by atoms with Crippen LogP contribution in [0.5, 0.6) is 5.75 Å². The fourth-order valence-corrected chi connectivity index (χ4v) is 4.39. The predicted octanol–water partition coefficient (Wildman–Crippen LogP) is 6.03. The first-order valence-corrected chi connectivity index (χ1v) is 11.9. The largest absolute Gasteiger partial charge is 0.486 e. The molecule has 6 heteroatoms. The first kappa shape index (κ1) is 22.7. The highest BCUT2D eigenvalue weighted by atomic mass is 32.1. The second-order valence-electron chi connectivity index (χ2n) is 9.75. The third-order valence-electron chi connectivity index (χ3n) is 6.07. The van der Waals surface area contributed by atoms with E-state index in [0.717, 1.165) is 37.0 Å². The Morgan fingerprint density at radius 1 is 0.938 bits per heavy atom. The molecule has 1 fully saturated rings. The van der Waals surface area contributed by atoms with E-state index in [0.29, 0.717) is 11.4 Å². The Hall–Kier alpha value is -2.44. The highest BCUT2D eigenvalue weighted by molar-refractivity contribution is 7.71. The van der Waals surface area contributed by atoms with Gasteiger partial charge in [0.2, 0.25) is 4.77 Å². The molecule has 1 aliphatic rings. The topological polar surface area (TPSA) is 35.2 Å². The number of hydrogen-bond acceptors (Lipinski definition) is 4. The maximum atomic E-state index is 6.09. The lowest BCUT2D eigenvalue weighted by atomic mass is 9.87. The molecule has 0 unspecified atom stereocenters. The molecule has 1 aromatic heterocycles. The predicted molar refractivity (Wildman–Crippen MR) is 132 cm³/mol. The molecule has 0 bridgehead atoms. The monoisotopic (exact) mass is 450 g/mol. The zero-order valence-electron chi connectivity index (χ0n) is 19.7. The molecule has 0 radical (unpaired) electrons. The molecule has 0 atom stereocenters. The number of nitrogens with zero attached hydrogens (tertiary/aromatic N) is 4. The summed E-state index contributed by atoms with van der Waals surface area (Å²) in [6.07, 6.45) is 3.80. The van der Waals surface area contributed by atoms with E-state index in [1.165, 1.54) is 30.4 Å². The molecule has 32 heavy (non-hydrogen) atoms. The molecule has 2 aromatic carbocycles. The van der Waals surface area contributed by atoms with Crippen LogP contribution < -0.4 is 4.74 Å². The normalized spacial score (nSPS) is 15.1. The van der Waals surface area contributed by atoms with Crippen molar-refractivity contribution >= 4 is 12.2 Å². The zero-order valence-corrected chi connectivity index (χ0v) is 20.5. The van der Waals surface area contributed by atoms with Gasteiger partial charge in [0, 0.05) is 5.69 Å². The van der Waals surface area contributed by atoms with Gasteiger partial charge in [-0.05, 0) is 80.3 Å². The van der Waals surface area contributed by atoms with E-state index in [4.69, 9.17) is 22.1 Å². The number of aromatic nitrogens is 3. The van der Waals surface area contributed by atoms with Crippen molar-refractivity contribution in [2.75, 3.05) is 13.1 Å². The second kappa shape index (κ2) is 9.59. The summed E-state index contributed by atoms with van der Waals surface area (Å²) in [4.78, 5) is 2.43. The van der Waals surface area contributed by atoms with Crippen LogP contribution in [0.1, 0.15) is 57.0 Å². The van der Waals surface area contributed by atoms with Crippen LogP contribution in [0.15, 0.2) is 48.5 Å². The van der Waals surface area contributed by atoms with E-state index in [1.807, 2.05) is 16.8 Å². The van der Waals surface area contributed by atoms with Gasteiger partial charge in [-0.2, -0.15) is 5.10 Å².